The number of nitrogens with one attached hydrogen (secondary N) is 1. The molecule has 92 valence electrons. The highest BCUT2D eigenvalue weighted by molar-refractivity contribution is 7.11. The molecule has 0 aliphatic carbocycles. The summed E-state index contributed by atoms with van der Waals surface area (Å²) in [6.45, 7) is 7.14. The molecule has 0 aliphatic heterocycles. The van der Waals surface area contributed by atoms with Crippen LogP contribution >= 0.6 is 11.3 Å². The first-order chi connectivity index (χ1) is 8.29. The molecule has 0 aromatic carbocycles. The minimum Gasteiger partial charge on any atom is -0.334 e. The minimum atomic E-state index is 0.837. The van der Waals surface area contributed by atoms with Crippen LogP contribution in [0, 0.1) is 6.92 Å². The molecule has 0 atom stereocenters. The van der Waals surface area contributed by atoms with E-state index in [0.29, 0.717) is 0 Å². The second-order valence-corrected chi connectivity index (χ2v) is 5.53. The summed E-state index contributed by atoms with van der Waals surface area (Å²) >= 11 is 1.85. The number of imidazole rings is 1. The van der Waals surface area contributed by atoms with Gasteiger partial charge < -0.3 is 9.88 Å². The van der Waals surface area contributed by atoms with Crippen molar-refractivity contribution in [3.8, 4) is 0 Å². The van der Waals surface area contributed by atoms with Crippen LogP contribution in [0.1, 0.15) is 28.9 Å². The Balaban J connectivity index is 1.83. The fourth-order valence-electron chi connectivity index (χ4n) is 1.83. The van der Waals surface area contributed by atoms with Crippen LogP contribution in [0.3, 0.4) is 0 Å². The summed E-state index contributed by atoms with van der Waals surface area (Å²) in [5.41, 5.74) is 0. The van der Waals surface area contributed by atoms with Crippen molar-refractivity contribution in [1.82, 2.24) is 14.9 Å². The molecule has 17 heavy (non-hydrogen) atoms. The van der Waals surface area contributed by atoms with Crippen molar-refractivity contribution in [2.45, 2.75) is 39.9 Å². The van der Waals surface area contributed by atoms with Crippen molar-refractivity contribution in [3.63, 3.8) is 0 Å². The van der Waals surface area contributed by atoms with E-state index in [0.717, 1.165) is 31.9 Å². The zero-order valence-electron chi connectivity index (χ0n) is 10.4. The van der Waals surface area contributed by atoms with Gasteiger partial charge in [-0.1, -0.05) is 6.92 Å². The Hall–Kier alpha value is -1.13. The van der Waals surface area contributed by atoms with E-state index in [2.05, 4.69) is 47.0 Å². The monoisotopic (exact) mass is 249 g/mol. The molecule has 0 unspecified atom stereocenters. The van der Waals surface area contributed by atoms with Gasteiger partial charge in [0.05, 0.1) is 6.54 Å². The molecule has 0 saturated heterocycles. The van der Waals surface area contributed by atoms with E-state index in [1.807, 2.05) is 17.5 Å². The molecule has 0 aliphatic rings. The number of nitrogens with zero attached hydrogens (tertiary/aromatic N) is 2. The van der Waals surface area contributed by atoms with Crippen molar-refractivity contribution >= 4 is 11.3 Å². The highest BCUT2D eigenvalue weighted by Gasteiger charge is 2.02. The maximum atomic E-state index is 4.38. The lowest BCUT2D eigenvalue weighted by atomic mass is 10.4. The van der Waals surface area contributed by atoms with Gasteiger partial charge in [-0.25, -0.2) is 4.98 Å². The average molecular weight is 249 g/mol. The van der Waals surface area contributed by atoms with Crippen LogP contribution in [0.4, 0.5) is 0 Å². The van der Waals surface area contributed by atoms with Crippen molar-refractivity contribution in [2.75, 3.05) is 0 Å². The molecule has 0 radical (unpaired) electrons. The van der Waals surface area contributed by atoms with E-state index in [-0.39, 0.29) is 0 Å². The SMILES string of the molecule is CCCn1ccnc1CNCc1ccc(C)s1. The molecule has 2 aromatic rings. The van der Waals surface area contributed by atoms with Gasteiger partial charge in [0.15, 0.2) is 0 Å². The van der Waals surface area contributed by atoms with Gasteiger partial charge in [0.1, 0.15) is 5.82 Å². The van der Waals surface area contributed by atoms with E-state index in [1.165, 1.54) is 9.75 Å². The molecule has 0 saturated carbocycles. The lowest BCUT2D eigenvalue weighted by Crippen LogP contribution is -2.16. The van der Waals surface area contributed by atoms with Gasteiger partial charge in [0, 0.05) is 35.2 Å². The molecule has 2 heterocycles. The van der Waals surface area contributed by atoms with Crippen molar-refractivity contribution in [1.29, 1.82) is 0 Å². The Morgan fingerprint density at radius 1 is 1.35 bits per heavy atom. The molecule has 1 N–H and O–H groups in total. The third-order valence-electron chi connectivity index (χ3n) is 2.64. The zero-order chi connectivity index (χ0) is 12.1. The first kappa shape index (κ1) is 12.3. The fraction of sp³-hybridized carbons (Fsp3) is 0.462. The summed E-state index contributed by atoms with van der Waals surface area (Å²) in [5.74, 6) is 1.13. The smallest absolute Gasteiger partial charge is 0.122 e. The predicted molar refractivity (Wildman–Crippen MR) is 72.1 cm³/mol. The van der Waals surface area contributed by atoms with Crippen molar-refractivity contribution in [3.05, 3.63) is 40.1 Å². The third-order valence-corrected chi connectivity index (χ3v) is 3.65. The Bertz CT molecular complexity index is 459. The fourth-order valence-corrected chi connectivity index (χ4v) is 2.69. The number of aromatic nitrogens is 2. The van der Waals surface area contributed by atoms with Crippen LogP contribution in [-0.4, -0.2) is 9.55 Å². The van der Waals surface area contributed by atoms with E-state index in [9.17, 15) is 0 Å². The minimum absolute atomic E-state index is 0.837. The molecule has 0 spiro atoms. The summed E-state index contributed by atoms with van der Waals surface area (Å²) in [5, 5.41) is 3.44. The van der Waals surface area contributed by atoms with E-state index in [4.69, 9.17) is 0 Å². The maximum Gasteiger partial charge on any atom is 0.122 e. The highest BCUT2D eigenvalue weighted by Crippen LogP contribution is 2.14. The molecule has 0 amide bonds. The Morgan fingerprint density at radius 3 is 2.94 bits per heavy atom. The number of aryl methyl sites for hydroxylation is 2. The summed E-state index contributed by atoms with van der Waals surface area (Å²) in [6.07, 6.45) is 5.07. The molecule has 3 nitrogen and oxygen atoms in total. The van der Waals surface area contributed by atoms with Crippen molar-refractivity contribution in [2.24, 2.45) is 0 Å². The number of hydrogen-bond acceptors (Lipinski definition) is 3. The summed E-state index contributed by atoms with van der Waals surface area (Å²) in [4.78, 5) is 7.13. The van der Waals surface area contributed by atoms with Gasteiger partial charge in [-0.2, -0.15) is 0 Å². The first-order valence-corrected chi connectivity index (χ1v) is 6.87. The summed E-state index contributed by atoms with van der Waals surface area (Å²) in [6, 6.07) is 4.35. The molecule has 2 rings (SSSR count). The largest absolute Gasteiger partial charge is 0.334 e. The highest BCUT2D eigenvalue weighted by atomic mass is 32.1. The van der Waals surface area contributed by atoms with Crippen LogP contribution in [0.25, 0.3) is 0 Å². The van der Waals surface area contributed by atoms with Gasteiger partial charge in [-0.15, -0.1) is 11.3 Å². The molecule has 0 bridgehead atoms. The molecule has 4 heteroatoms. The van der Waals surface area contributed by atoms with Crippen LogP contribution in [0.2, 0.25) is 0 Å². The molecule has 2 aromatic heterocycles. The second kappa shape index (κ2) is 5.98. The van der Waals surface area contributed by atoms with Gasteiger partial charge in [0.25, 0.3) is 0 Å². The Labute approximate surface area is 107 Å². The van der Waals surface area contributed by atoms with Gasteiger partial charge in [-0.3, -0.25) is 0 Å². The summed E-state index contributed by atoms with van der Waals surface area (Å²) < 4.78 is 2.21. The average Bonchev–Trinajstić information content (AvgIpc) is 2.90. The lowest BCUT2D eigenvalue weighted by molar-refractivity contribution is 0.590. The van der Waals surface area contributed by atoms with Gasteiger partial charge in [0.2, 0.25) is 0 Å². The quantitative estimate of drug-likeness (QED) is 0.853. The predicted octanol–water partition coefficient (Wildman–Crippen LogP) is 2.95. The number of hydrogen-bond donors (Lipinski definition) is 1. The Morgan fingerprint density at radius 2 is 2.24 bits per heavy atom. The van der Waals surface area contributed by atoms with Crippen LogP contribution < -0.4 is 5.32 Å². The lowest BCUT2D eigenvalue weighted by Gasteiger charge is -2.06. The van der Waals surface area contributed by atoms with Crippen LogP contribution in [0.5, 0.6) is 0 Å². The summed E-state index contributed by atoms with van der Waals surface area (Å²) in [7, 11) is 0. The van der Waals surface area contributed by atoms with Gasteiger partial charge in [-0.05, 0) is 25.5 Å². The molecular weight excluding hydrogens is 230 g/mol. The third kappa shape index (κ3) is 3.41. The van der Waals surface area contributed by atoms with Crippen LogP contribution in [0.15, 0.2) is 24.5 Å². The van der Waals surface area contributed by atoms with E-state index < -0.39 is 0 Å². The number of rotatable bonds is 6. The second-order valence-electron chi connectivity index (χ2n) is 4.15. The zero-order valence-corrected chi connectivity index (χ0v) is 11.3. The molecule has 0 fully saturated rings. The van der Waals surface area contributed by atoms with Crippen molar-refractivity contribution < 1.29 is 0 Å². The van der Waals surface area contributed by atoms with E-state index in [1.54, 1.807) is 0 Å². The normalized spacial score (nSPS) is 10.9. The topological polar surface area (TPSA) is 29.9 Å². The van der Waals surface area contributed by atoms with E-state index >= 15 is 0 Å². The Kier molecular flexibility index (Phi) is 4.34. The first-order valence-electron chi connectivity index (χ1n) is 6.05. The number of thiophene rings is 1. The molecular formula is C13H19N3S. The van der Waals surface area contributed by atoms with Gasteiger partial charge >= 0.3 is 0 Å². The standard InChI is InChI=1S/C13H19N3S/c1-3-7-16-8-6-15-13(16)10-14-9-12-5-4-11(2)17-12/h4-6,8,14H,3,7,9-10H2,1-2H3. The maximum absolute atomic E-state index is 4.38. The van der Waals surface area contributed by atoms with Crippen LogP contribution in [-0.2, 0) is 19.6 Å².